The number of benzene rings is 1. The number of halogens is 1. The summed E-state index contributed by atoms with van der Waals surface area (Å²) in [7, 11) is 0. The van der Waals surface area contributed by atoms with Gasteiger partial charge in [0.05, 0.1) is 12.2 Å². The Labute approximate surface area is 101 Å². The van der Waals surface area contributed by atoms with Crippen molar-refractivity contribution in [2.75, 3.05) is 11.9 Å². The van der Waals surface area contributed by atoms with E-state index >= 15 is 0 Å². The first-order valence-electron chi connectivity index (χ1n) is 5.74. The van der Waals surface area contributed by atoms with Gasteiger partial charge in [0.15, 0.2) is 0 Å². The SMILES string of the molecule is CCC(C)(C)NCC(=O)Nc1ccccc1F. The number of carbonyl (C=O) groups is 1. The predicted octanol–water partition coefficient (Wildman–Crippen LogP) is 2.54. The highest BCUT2D eigenvalue weighted by atomic mass is 19.1. The molecule has 1 aromatic carbocycles. The van der Waals surface area contributed by atoms with Crippen molar-refractivity contribution >= 4 is 11.6 Å². The van der Waals surface area contributed by atoms with Gasteiger partial charge >= 0.3 is 0 Å². The van der Waals surface area contributed by atoms with Crippen LogP contribution in [0.1, 0.15) is 27.2 Å². The third-order valence-corrected chi connectivity index (χ3v) is 2.76. The minimum Gasteiger partial charge on any atom is -0.322 e. The summed E-state index contributed by atoms with van der Waals surface area (Å²) in [6, 6.07) is 6.13. The number of rotatable bonds is 5. The summed E-state index contributed by atoms with van der Waals surface area (Å²) in [5, 5.41) is 5.64. The first-order chi connectivity index (χ1) is 7.94. The lowest BCUT2D eigenvalue weighted by molar-refractivity contribution is -0.115. The van der Waals surface area contributed by atoms with E-state index in [1.54, 1.807) is 12.1 Å². The number of nitrogens with one attached hydrogen (secondary N) is 2. The van der Waals surface area contributed by atoms with Gasteiger partial charge in [-0.3, -0.25) is 4.79 Å². The fourth-order valence-corrected chi connectivity index (χ4v) is 1.20. The third-order valence-electron chi connectivity index (χ3n) is 2.76. The predicted molar refractivity (Wildman–Crippen MR) is 67.4 cm³/mol. The van der Waals surface area contributed by atoms with E-state index in [2.05, 4.69) is 10.6 Å². The van der Waals surface area contributed by atoms with E-state index in [0.29, 0.717) is 0 Å². The molecule has 0 saturated heterocycles. The van der Waals surface area contributed by atoms with Gasteiger partial charge in [-0.15, -0.1) is 0 Å². The van der Waals surface area contributed by atoms with Crippen LogP contribution < -0.4 is 10.6 Å². The van der Waals surface area contributed by atoms with Crippen LogP contribution in [0.25, 0.3) is 0 Å². The number of amides is 1. The second-order valence-electron chi connectivity index (χ2n) is 4.62. The summed E-state index contributed by atoms with van der Waals surface area (Å²) in [6.07, 6.45) is 0.917. The van der Waals surface area contributed by atoms with Gasteiger partial charge in [0.2, 0.25) is 5.91 Å². The van der Waals surface area contributed by atoms with Crippen LogP contribution in [-0.2, 0) is 4.79 Å². The van der Waals surface area contributed by atoms with Gasteiger partial charge in [-0.1, -0.05) is 19.1 Å². The topological polar surface area (TPSA) is 41.1 Å². The first-order valence-corrected chi connectivity index (χ1v) is 5.74. The molecule has 3 nitrogen and oxygen atoms in total. The Bertz CT molecular complexity index is 391. The van der Waals surface area contributed by atoms with Gasteiger partial charge in [0.1, 0.15) is 5.82 Å². The molecule has 0 unspecified atom stereocenters. The molecule has 1 rings (SSSR count). The third kappa shape index (κ3) is 4.53. The average Bonchev–Trinajstić information content (AvgIpc) is 2.30. The van der Waals surface area contributed by atoms with E-state index in [1.807, 2.05) is 20.8 Å². The molecule has 94 valence electrons. The molecule has 0 aliphatic heterocycles. The average molecular weight is 238 g/mol. The van der Waals surface area contributed by atoms with E-state index in [0.717, 1.165) is 6.42 Å². The number of hydrogen-bond donors (Lipinski definition) is 2. The van der Waals surface area contributed by atoms with E-state index in [9.17, 15) is 9.18 Å². The molecule has 17 heavy (non-hydrogen) atoms. The maximum atomic E-state index is 13.3. The lowest BCUT2D eigenvalue weighted by Crippen LogP contribution is -2.43. The smallest absolute Gasteiger partial charge is 0.238 e. The fraction of sp³-hybridized carbons (Fsp3) is 0.462. The number of anilines is 1. The monoisotopic (exact) mass is 238 g/mol. The minimum absolute atomic E-state index is 0.0907. The molecule has 0 radical (unpaired) electrons. The molecule has 0 spiro atoms. The Morgan fingerprint density at radius 3 is 2.59 bits per heavy atom. The Hall–Kier alpha value is -1.42. The molecule has 0 aromatic heterocycles. The van der Waals surface area contributed by atoms with Crippen molar-refractivity contribution in [1.82, 2.24) is 5.32 Å². The van der Waals surface area contributed by atoms with Crippen LogP contribution >= 0.6 is 0 Å². The molecule has 2 N–H and O–H groups in total. The summed E-state index contributed by atoms with van der Waals surface area (Å²) in [5.41, 5.74) is 0.126. The molecule has 4 heteroatoms. The van der Waals surface area contributed by atoms with Crippen molar-refractivity contribution in [1.29, 1.82) is 0 Å². The Balaban J connectivity index is 2.48. The van der Waals surface area contributed by atoms with Gasteiger partial charge in [-0.2, -0.15) is 0 Å². The number of para-hydroxylation sites is 1. The lowest BCUT2D eigenvalue weighted by Gasteiger charge is -2.24. The summed E-state index contributed by atoms with van der Waals surface area (Å²) < 4.78 is 13.3. The normalized spacial score (nSPS) is 11.3. The Morgan fingerprint density at radius 1 is 1.35 bits per heavy atom. The van der Waals surface area contributed by atoms with Gasteiger partial charge in [0, 0.05) is 5.54 Å². The van der Waals surface area contributed by atoms with Crippen molar-refractivity contribution in [3.05, 3.63) is 30.1 Å². The van der Waals surface area contributed by atoms with Gasteiger partial charge in [0.25, 0.3) is 0 Å². The van der Waals surface area contributed by atoms with E-state index in [4.69, 9.17) is 0 Å². The van der Waals surface area contributed by atoms with Crippen LogP contribution in [0.2, 0.25) is 0 Å². The molecule has 1 amide bonds. The second-order valence-corrected chi connectivity index (χ2v) is 4.62. The second kappa shape index (κ2) is 5.77. The molecular weight excluding hydrogens is 219 g/mol. The zero-order valence-corrected chi connectivity index (χ0v) is 10.5. The Kier molecular flexibility index (Phi) is 4.63. The molecule has 0 fully saturated rings. The van der Waals surface area contributed by atoms with Crippen LogP contribution in [0.4, 0.5) is 10.1 Å². The largest absolute Gasteiger partial charge is 0.322 e. The molecule has 0 bridgehead atoms. The Morgan fingerprint density at radius 2 is 2.00 bits per heavy atom. The molecule has 0 saturated carbocycles. The quantitative estimate of drug-likeness (QED) is 0.827. The van der Waals surface area contributed by atoms with E-state index in [1.165, 1.54) is 12.1 Å². The van der Waals surface area contributed by atoms with Gasteiger partial charge in [-0.05, 0) is 32.4 Å². The van der Waals surface area contributed by atoms with Crippen molar-refractivity contribution in [2.45, 2.75) is 32.7 Å². The zero-order valence-electron chi connectivity index (χ0n) is 10.5. The summed E-state index contributed by atoms with van der Waals surface area (Å²) in [6.45, 7) is 6.25. The highest BCUT2D eigenvalue weighted by Crippen LogP contribution is 2.12. The fourth-order valence-electron chi connectivity index (χ4n) is 1.20. The molecular formula is C13H19FN2O. The van der Waals surface area contributed by atoms with Gasteiger partial charge in [-0.25, -0.2) is 4.39 Å². The number of hydrogen-bond acceptors (Lipinski definition) is 2. The minimum atomic E-state index is -0.421. The first kappa shape index (κ1) is 13.6. The molecule has 0 aliphatic rings. The lowest BCUT2D eigenvalue weighted by atomic mass is 10.0. The zero-order chi connectivity index (χ0) is 12.9. The maximum Gasteiger partial charge on any atom is 0.238 e. The van der Waals surface area contributed by atoms with Crippen LogP contribution in [0, 0.1) is 5.82 Å². The van der Waals surface area contributed by atoms with Crippen LogP contribution in [0.15, 0.2) is 24.3 Å². The maximum absolute atomic E-state index is 13.3. The van der Waals surface area contributed by atoms with Crippen molar-refractivity contribution < 1.29 is 9.18 Å². The highest BCUT2D eigenvalue weighted by molar-refractivity contribution is 5.92. The van der Waals surface area contributed by atoms with Crippen molar-refractivity contribution in [3.63, 3.8) is 0 Å². The van der Waals surface area contributed by atoms with E-state index in [-0.39, 0.29) is 23.7 Å². The summed E-state index contributed by atoms with van der Waals surface area (Å²) in [4.78, 5) is 11.6. The summed E-state index contributed by atoms with van der Waals surface area (Å²) in [5.74, 6) is -0.660. The highest BCUT2D eigenvalue weighted by Gasteiger charge is 2.15. The van der Waals surface area contributed by atoms with Crippen molar-refractivity contribution in [3.8, 4) is 0 Å². The van der Waals surface area contributed by atoms with Crippen LogP contribution in [0.5, 0.6) is 0 Å². The van der Waals surface area contributed by atoms with Crippen molar-refractivity contribution in [2.24, 2.45) is 0 Å². The van der Waals surface area contributed by atoms with Crippen LogP contribution in [0.3, 0.4) is 0 Å². The van der Waals surface area contributed by atoms with Crippen LogP contribution in [-0.4, -0.2) is 18.0 Å². The number of carbonyl (C=O) groups excluding carboxylic acids is 1. The van der Waals surface area contributed by atoms with Gasteiger partial charge < -0.3 is 10.6 Å². The molecule has 1 aromatic rings. The molecule has 0 heterocycles. The molecule has 0 atom stereocenters. The summed E-state index contributed by atoms with van der Waals surface area (Å²) >= 11 is 0. The van der Waals surface area contributed by atoms with E-state index < -0.39 is 5.82 Å². The molecule has 0 aliphatic carbocycles. The standard InChI is InChI=1S/C13H19FN2O/c1-4-13(2,3)15-9-12(17)16-11-8-6-5-7-10(11)14/h5-8,15H,4,9H2,1-3H3,(H,16,17).